The molecule has 1 aromatic heterocycles. The van der Waals surface area contributed by atoms with E-state index in [-0.39, 0.29) is 6.03 Å². The van der Waals surface area contributed by atoms with Crippen molar-refractivity contribution in [1.29, 1.82) is 0 Å². The Labute approximate surface area is 169 Å². The van der Waals surface area contributed by atoms with Gasteiger partial charge in [0, 0.05) is 47.6 Å². The Kier molecular flexibility index (Phi) is 5.99. The first kappa shape index (κ1) is 19.6. The van der Waals surface area contributed by atoms with Gasteiger partial charge in [-0.3, -0.25) is 0 Å². The van der Waals surface area contributed by atoms with Crippen LogP contribution >= 0.6 is 15.9 Å². The molecule has 1 aromatic carbocycles. The van der Waals surface area contributed by atoms with Gasteiger partial charge in [0.15, 0.2) is 0 Å². The summed E-state index contributed by atoms with van der Waals surface area (Å²) in [4.78, 5) is 25.9. The van der Waals surface area contributed by atoms with Crippen molar-refractivity contribution in [3.05, 3.63) is 45.8 Å². The first-order valence-corrected chi connectivity index (χ1v) is 10.1. The number of anilines is 2. The van der Waals surface area contributed by atoms with E-state index < -0.39 is 0 Å². The van der Waals surface area contributed by atoms with E-state index in [4.69, 9.17) is 4.98 Å². The molecule has 0 aliphatic carbocycles. The number of urea groups is 1. The van der Waals surface area contributed by atoms with Crippen molar-refractivity contribution < 1.29 is 4.79 Å². The third-order valence-electron chi connectivity index (χ3n) is 4.75. The van der Waals surface area contributed by atoms with Crippen molar-refractivity contribution >= 4 is 33.5 Å². The zero-order valence-corrected chi connectivity index (χ0v) is 17.9. The number of aryl methyl sites for hydroxylation is 2. The second-order valence-electron chi connectivity index (χ2n) is 7.16. The maximum Gasteiger partial charge on any atom is 0.321 e. The SMILES string of the molecule is Cc1nc(C)c(C(C)C)c(N2CCN(C(=O)Nc3cccc(Br)c3)CC2)n1. The Balaban J connectivity index is 1.68. The number of carbonyl (C=O) groups excluding carboxylic acids is 1. The van der Waals surface area contributed by atoms with Crippen molar-refractivity contribution in [1.82, 2.24) is 14.9 Å². The quantitative estimate of drug-likeness (QED) is 0.784. The Morgan fingerprint density at radius 1 is 1.15 bits per heavy atom. The van der Waals surface area contributed by atoms with Crippen LogP contribution in [-0.2, 0) is 0 Å². The summed E-state index contributed by atoms with van der Waals surface area (Å²) in [7, 11) is 0. The standard InChI is InChI=1S/C20H26BrN5O/c1-13(2)18-14(3)22-15(4)23-19(18)25-8-10-26(11-9-25)20(27)24-17-7-5-6-16(21)12-17/h5-7,12-13H,8-11H2,1-4H3,(H,24,27). The zero-order valence-electron chi connectivity index (χ0n) is 16.3. The molecule has 0 spiro atoms. The third kappa shape index (κ3) is 4.58. The monoisotopic (exact) mass is 431 g/mol. The summed E-state index contributed by atoms with van der Waals surface area (Å²) in [6.45, 7) is 11.2. The molecule has 27 heavy (non-hydrogen) atoms. The van der Waals surface area contributed by atoms with Crippen LogP contribution in [0.1, 0.15) is 36.8 Å². The van der Waals surface area contributed by atoms with E-state index in [1.165, 1.54) is 5.56 Å². The van der Waals surface area contributed by atoms with Crippen LogP contribution in [0.15, 0.2) is 28.7 Å². The van der Waals surface area contributed by atoms with E-state index in [9.17, 15) is 4.79 Å². The van der Waals surface area contributed by atoms with Gasteiger partial charge in [0.2, 0.25) is 0 Å². The summed E-state index contributed by atoms with van der Waals surface area (Å²) in [5.41, 5.74) is 3.04. The summed E-state index contributed by atoms with van der Waals surface area (Å²) < 4.78 is 0.945. The summed E-state index contributed by atoms with van der Waals surface area (Å²) in [6, 6.07) is 7.57. The van der Waals surface area contributed by atoms with Crippen molar-refractivity contribution in [2.75, 3.05) is 36.4 Å². The lowest BCUT2D eigenvalue weighted by atomic mass is 10.0. The van der Waals surface area contributed by atoms with Crippen molar-refractivity contribution in [2.45, 2.75) is 33.6 Å². The van der Waals surface area contributed by atoms with Gasteiger partial charge in [-0.05, 0) is 38.0 Å². The van der Waals surface area contributed by atoms with E-state index in [0.717, 1.165) is 40.6 Å². The van der Waals surface area contributed by atoms with Gasteiger partial charge in [0.05, 0.1) is 0 Å². The summed E-state index contributed by atoms with van der Waals surface area (Å²) >= 11 is 3.43. The van der Waals surface area contributed by atoms with Crippen molar-refractivity contribution in [3.8, 4) is 0 Å². The molecule has 6 nitrogen and oxygen atoms in total. The number of nitrogens with zero attached hydrogens (tertiary/aromatic N) is 4. The molecule has 0 saturated carbocycles. The Hall–Kier alpha value is -2.15. The molecule has 3 rings (SSSR count). The Morgan fingerprint density at radius 2 is 1.85 bits per heavy atom. The minimum Gasteiger partial charge on any atom is -0.353 e. The van der Waals surface area contributed by atoms with Crippen LogP contribution in [0.25, 0.3) is 0 Å². The summed E-state index contributed by atoms with van der Waals surface area (Å²) in [5.74, 6) is 2.17. The van der Waals surface area contributed by atoms with Gasteiger partial charge < -0.3 is 15.1 Å². The molecule has 1 fully saturated rings. The topological polar surface area (TPSA) is 61.4 Å². The molecule has 0 radical (unpaired) electrons. The molecule has 1 aliphatic rings. The molecule has 1 N–H and O–H groups in total. The average molecular weight is 432 g/mol. The lowest BCUT2D eigenvalue weighted by Gasteiger charge is -2.36. The highest BCUT2D eigenvalue weighted by molar-refractivity contribution is 9.10. The van der Waals surface area contributed by atoms with E-state index in [0.29, 0.717) is 19.0 Å². The summed E-state index contributed by atoms with van der Waals surface area (Å²) in [5, 5.41) is 2.97. The first-order chi connectivity index (χ1) is 12.8. The number of nitrogens with one attached hydrogen (secondary N) is 1. The normalized spacial score (nSPS) is 14.6. The van der Waals surface area contributed by atoms with Crippen LogP contribution in [0.2, 0.25) is 0 Å². The van der Waals surface area contributed by atoms with Crippen LogP contribution in [0.3, 0.4) is 0 Å². The van der Waals surface area contributed by atoms with Crippen molar-refractivity contribution in [2.24, 2.45) is 0 Å². The third-order valence-corrected chi connectivity index (χ3v) is 5.24. The predicted octanol–water partition coefficient (Wildman–Crippen LogP) is 4.33. The average Bonchev–Trinajstić information content (AvgIpc) is 2.60. The Morgan fingerprint density at radius 3 is 2.48 bits per heavy atom. The van der Waals surface area contributed by atoms with E-state index in [2.05, 4.69) is 51.9 Å². The minimum absolute atomic E-state index is 0.0631. The number of rotatable bonds is 3. The number of hydrogen-bond donors (Lipinski definition) is 1. The molecule has 144 valence electrons. The van der Waals surface area contributed by atoms with E-state index in [1.54, 1.807) is 0 Å². The highest BCUT2D eigenvalue weighted by atomic mass is 79.9. The summed E-state index contributed by atoms with van der Waals surface area (Å²) in [6.07, 6.45) is 0. The van der Waals surface area contributed by atoms with Gasteiger partial charge in [-0.2, -0.15) is 0 Å². The van der Waals surface area contributed by atoms with Crippen LogP contribution < -0.4 is 10.2 Å². The van der Waals surface area contributed by atoms with Crippen LogP contribution in [-0.4, -0.2) is 47.1 Å². The van der Waals surface area contributed by atoms with Crippen LogP contribution in [0, 0.1) is 13.8 Å². The van der Waals surface area contributed by atoms with Crippen LogP contribution in [0.4, 0.5) is 16.3 Å². The number of piperazine rings is 1. The van der Waals surface area contributed by atoms with Gasteiger partial charge in [-0.1, -0.05) is 35.8 Å². The fourth-order valence-electron chi connectivity index (χ4n) is 3.51. The van der Waals surface area contributed by atoms with Gasteiger partial charge in [-0.15, -0.1) is 0 Å². The van der Waals surface area contributed by atoms with Gasteiger partial charge >= 0.3 is 6.03 Å². The number of halogens is 1. The number of hydrogen-bond acceptors (Lipinski definition) is 4. The molecular weight excluding hydrogens is 406 g/mol. The fourth-order valence-corrected chi connectivity index (χ4v) is 3.91. The highest BCUT2D eigenvalue weighted by Crippen LogP contribution is 2.29. The molecule has 0 atom stereocenters. The van der Waals surface area contributed by atoms with E-state index >= 15 is 0 Å². The Bertz CT molecular complexity index is 831. The maximum atomic E-state index is 12.6. The molecule has 7 heteroatoms. The molecule has 0 unspecified atom stereocenters. The molecule has 0 bridgehead atoms. The van der Waals surface area contributed by atoms with E-state index in [1.807, 2.05) is 36.1 Å². The number of benzene rings is 1. The maximum absolute atomic E-state index is 12.6. The zero-order chi connectivity index (χ0) is 19.6. The number of amides is 2. The van der Waals surface area contributed by atoms with Crippen molar-refractivity contribution in [3.63, 3.8) is 0 Å². The molecule has 1 saturated heterocycles. The number of aromatic nitrogens is 2. The second kappa shape index (κ2) is 8.25. The largest absolute Gasteiger partial charge is 0.353 e. The highest BCUT2D eigenvalue weighted by Gasteiger charge is 2.25. The van der Waals surface area contributed by atoms with Crippen LogP contribution in [0.5, 0.6) is 0 Å². The fraction of sp³-hybridized carbons (Fsp3) is 0.450. The van der Waals surface area contributed by atoms with Gasteiger partial charge in [0.1, 0.15) is 11.6 Å². The molecule has 2 aromatic rings. The predicted molar refractivity (Wildman–Crippen MR) is 113 cm³/mol. The first-order valence-electron chi connectivity index (χ1n) is 9.26. The lowest BCUT2D eigenvalue weighted by molar-refractivity contribution is 0.208. The number of carbonyl (C=O) groups is 1. The van der Waals surface area contributed by atoms with Gasteiger partial charge in [-0.25, -0.2) is 14.8 Å². The van der Waals surface area contributed by atoms with Gasteiger partial charge in [0.25, 0.3) is 0 Å². The second-order valence-corrected chi connectivity index (χ2v) is 8.08. The minimum atomic E-state index is -0.0631. The molecule has 2 amide bonds. The molecule has 2 heterocycles. The molecular formula is C20H26BrN5O. The smallest absolute Gasteiger partial charge is 0.321 e. The molecule has 1 aliphatic heterocycles. The lowest BCUT2D eigenvalue weighted by Crippen LogP contribution is -2.50.